The van der Waals surface area contributed by atoms with Gasteiger partial charge in [0.1, 0.15) is 0 Å². The molecule has 1 atom stereocenters. The van der Waals surface area contributed by atoms with Gasteiger partial charge in [0, 0.05) is 6.54 Å². The van der Waals surface area contributed by atoms with Crippen LogP contribution in [0.2, 0.25) is 0 Å². The second-order valence-electron chi connectivity index (χ2n) is 3.15. The molecule has 1 rings (SSSR count). The Hall–Kier alpha value is -0.810. The molecule has 0 unspecified atom stereocenters. The number of carbonyl (C=O) groups is 1. The van der Waals surface area contributed by atoms with E-state index in [-0.39, 0.29) is 6.10 Å². The van der Waals surface area contributed by atoms with Crippen LogP contribution >= 0.6 is 0 Å². The van der Waals surface area contributed by atoms with E-state index in [1.165, 1.54) is 4.90 Å². The molecule has 5 nitrogen and oxygen atoms in total. The van der Waals surface area contributed by atoms with Gasteiger partial charge in [-0.25, -0.2) is 4.79 Å². The van der Waals surface area contributed by atoms with Crippen LogP contribution in [0.25, 0.3) is 0 Å². The molecule has 1 aliphatic heterocycles. The van der Waals surface area contributed by atoms with Gasteiger partial charge in [0.15, 0.2) is 0 Å². The lowest BCUT2D eigenvalue weighted by atomic mass is 10.1. The maximum atomic E-state index is 10.6. The predicted octanol–water partition coefficient (Wildman–Crippen LogP) is 0.104. The van der Waals surface area contributed by atoms with Crippen molar-refractivity contribution in [3.05, 3.63) is 0 Å². The zero-order valence-corrected chi connectivity index (χ0v) is 7.61. The summed E-state index contributed by atoms with van der Waals surface area (Å²) in [6.45, 7) is 2.10. The number of hydrogen-bond donors (Lipinski definition) is 2. The Morgan fingerprint density at radius 2 is 2.46 bits per heavy atom. The first-order chi connectivity index (χ1) is 6.24. The van der Waals surface area contributed by atoms with E-state index in [0.717, 1.165) is 12.8 Å². The van der Waals surface area contributed by atoms with Gasteiger partial charge >= 0.3 is 6.09 Å². The molecule has 76 valence electrons. The van der Waals surface area contributed by atoms with E-state index in [1.54, 1.807) is 0 Å². The van der Waals surface area contributed by atoms with Crippen LogP contribution < -0.4 is 5.73 Å². The molecule has 1 amide bonds. The van der Waals surface area contributed by atoms with Gasteiger partial charge in [0.05, 0.1) is 19.3 Å². The summed E-state index contributed by atoms with van der Waals surface area (Å²) in [5.74, 6) is 0. The molecular formula is C8H16N2O3. The molecule has 0 aromatic heterocycles. The number of nitrogens with two attached hydrogens (primary N) is 1. The van der Waals surface area contributed by atoms with Gasteiger partial charge in [-0.05, 0) is 19.4 Å². The Kier molecular flexibility index (Phi) is 3.98. The summed E-state index contributed by atoms with van der Waals surface area (Å²) in [6, 6.07) is 0. The lowest BCUT2D eigenvalue weighted by Crippen LogP contribution is -2.45. The fourth-order valence-corrected chi connectivity index (χ4v) is 1.41. The summed E-state index contributed by atoms with van der Waals surface area (Å²) in [5, 5.41) is 8.73. The van der Waals surface area contributed by atoms with Crippen molar-refractivity contribution >= 4 is 6.09 Å². The molecule has 0 bridgehead atoms. The van der Waals surface area contributed by atoms with Gasteiger partial charge in [0.25, 0.3) is 0 Å². The highest BCUT2D eigenvalue weighted by Gasteiger charge is 2.22. The van der Waals surface area contributed by atoms with Crippen molar-refractivity contribution in [2.75, 3.05) is 26.2 Å². The smallest absolute Gasteiger partial charge is 0.407 e. The molecule has 0 aromatic carbocycles. The molecule has 1 aliphatic rings. The Morgan fingerprint density at radius 3 is 3.08 bits per heavy atom. The third-order valence-corrected chi connectivity index (χ3v) is 2.14. The molecule has 3 N–H and O–H groups in total. The third kappa shape index (κ3) is 3.20. The van der Waals surface area contributed by atoms with Crippen molar-refractivity contribution in [2.24, 2.45) is 5.73 Å². The molecule has 1 saturated heterocycles. The van der Waals surface area contributed by atoms with E-state index in [9.17, 15) is 4.79 Å². The van der Waals surface area contributed by atoms with Crippen molar-refractivity contribution in [1.29, 1.82) is 0 Å². The predicted molar refractivity (Wildman–Crippen MR) is 47.6 cm³/mol. The summed E-state index contributed by atoms with van der Waals surface area (Å²) in [4.78, 5) is 12.0. The molecule has 0 aromatic rings. The van der Waals surface area contributed by atoms with Crippen molar-refractivity contribution in [3.63, 3.8) is 0 Å². The van der Waals surface area contributed by atoms with Crippen LogP contribution in [-0.2, 0) is 4.74 Å². The zero-order chi connectivity index (χ0) is 9.68. The minimum absolute atomic E-state index is 0.0356. The highest BCUT2D eigenvalue weighted by molar-refractivity contribution is 5.65. The van der Waals surface area contributed by atoms with E-state index in [4.69, 9.17) is 15.6 Å². The topological polar surface area (TPSA) is 75.8 Å². The first kappa shape index (κ1) is 10.3. The Morgan fingerprint density at radius 1 is 1.69 bits per heavy atom. The lowest BCUT2D eigenvalue weighted by molar-refractivity contribution is -0.0257. The Balaban J connectivity index is 2.29. The van der Waals surface area contributed by atoms with E-state index >= 15 is 0 Å². The first-order valence-corrected chi connectivity index (χ1v) is 4.53. The molecule has 0 spiro atoms. The Bertz CT molecular complexity index is 175. The van der Waals surface area contributed by atoms with Crippen LogP contribution in [0, 0.1) is 0 Å². The molecule has 5 heteroatoms. The van der Waals surface area contributed by atoms with Crippen LogP contribution in [-0.4, -0.2) is 48.4 Å². The van der Waals surface area contributed by atoms with Crippen molar-refractivity contribution in [2.45, 2.75) is 18.9 Å². The largest absolute Gasteiger partial charge is 0.465 e. The monoisotopic (exact) mass is 188 g/mol. The van der Waals surface area contributed by atoms with Gasteiger partial charge in [-0.15, -0.1) is 0 Å². The van der Waals surface area contributed by atoms with E-state index in [0.29, 0.717) is 26.2 Å². The van der Waals surface area contributed by atoms with E-state index in [2.05, 4.69) is 0 Å². The zero-order valence-electron chi connectivity index (χ0n) is 7.61. The highest BCUT2D eigenvalue weighted by Crippen LogP contribution is 2.09. The molecule has 1 fully saturated rings. The first-order valence-electron chi connectivity index (χ1n) is 4.53. The lowest BCUT2D eigenvalue weighted by Gasteiger charge is -2.30. The van der Waals surface area contributed by atoms with Gasteiger partial charge < -0.3 is 20.5 Å². The number of morpholine rings is 1. The molecule has 13 heavy (non-hydrogen) atoms. The minimum atomic E-state index is -0.860. The normalized spacial score (nSPS) is 23.2. The number of ether oxygens (including phenoxy) is 1. The maximum absolute atomic E-state index is 10.6. The molecular weight excluding hydrogens is 172 g/mol. The average molecular weight is 188 g/mol. The van der Waals surface area contributed by atoms with Crippen LogP contribution in [0.5, 0.6) is 0 Å². The number of rotatable bonds is 3. The van der Waals surface area contributed by atoms with Gasteiger partial charge in [-0.1, -0.05) is 0 Å². The van der Waals surface area contributed by atoms with Gasteiger partial charge in [-0.2, -0.15) is 0 Å². The summed E-state index contributed by atoms with van der Waals surface area (Å²) in [7, 11) is 0. The van der Waals surface area contributed by atoms with Crippen LogP contribution in [0.4, 0.5) is 4.79 Å². The summed E-state index contributed by atoms with van der Waals surface area (Å²) in [6.07, 6.45) is 0.910. The number of carboxylic acid groups (broad SMARTS) is 1. The Labute approximate surface area is 77.5 Å². The second kappa shape index (κ2) is 5.04. The molecule has 0 aliphatic carbocycles. The molecule has 0 saturated carbocycles. The minimum Gasteiger partial charge on any atom is -0.465 e. The number of nitrogens with zero attached hydrogens (tertiary/aromatic N) is 1. The van der Waals surface area contributed by atoms with Crippen LogP contribution in [0.3, 0.4) is 0 Å². The van der Waals surface area contributed by atoms with Gasteiger partial charge in [-0.3, -0.25) is 0 Å². The van der Waals surface area contributed by atoms with Crippen molar-refractivity contribution < 1.29 is 14.6 Å². The van der Waals surface area contributed by atoms with E-state index < -0.39 is 6.09 Å². The summed E-state index contributed by atoms with van der Waals surface area (Å²) in [5.41, 5.74) is 5.35. The van der Waals surface area contributed by atoms with E-state index in [1.807, 2.05) is 0 Å². The van der Waals surface area contributed by atoms with Crippen LogP contribution in [0.1, 0.15) is 12.8 Å². The standard InChI is InChI=1S/C8H16N2O3/c9-3-1-2-7-6-10(8(11)12)4-5-13-7/h7H,1-6,9H2,(H,11,12)/t7-/m1/s1. The molecule has 0 radical (unpaired) electrons. The molecule has 1 heterocycles. The highest BCUT2D eigenvalue weighted by atomic mass is 16.5. The maximum Gasteiger partial charge on any atom is 0.407 e. The quantitative estimate of drug-likeness (QED) is 0.658. The number of hydrogen-bond acceptors (Lipinski definition) is 3. The fraction of sp³-hybridized carbons (Fsp3) is 0.875. The third-order valence-electron chi connectivity index (χ3n) is 2.14. The number of amides is 1. The second-order valence-corrected chi connectivity index (χ2v) is 3.15. The van der Waals surface area contributed by atoms with Crippen LogP contribution in [0.15, 0.2) is 0 Å². The SMILES string of the molecule is NCCC[C@@H]1CN(C(=O)O)CCO1. The van der Waals surface area contributed by atoms with Gasteiger partial charge in [0.2, 0.25) is 0 Å². The van der Waals surface area contributed by atoms with Crippen molar-refractivity contribution in [1.82, 2.24) is 4.90 Å². The summed E-state index contributed by atoms with van der Waals surface area (Å²) >= 11 is 0. The fourth-order valence-electron chi connectivity index (χ4n) is 1.41. The summed E-state index contributed by atoms with van der Waals surface area (Å²) < 4.78 is 5.40. The van der Waals surface area contributed by atoms with Crippen molar-refractivity contribution in [3.8, 4) is 0 Å². The average Bonchev–Trinajstić information content (AvgIpc) is 2.15.